The average molecular weight is 326 g/mol. The van der Waals surface area contributed by atoms with Crippen LogP contribution in [0.5, 0.6) is 0 Å². The smallest absolute Gasteiger partial charge is 0.252 e. The highest BCUT2D eigenvalue weighted by Gasteiger charge is 2.40. The first kappa shape index (κ1) is 14.0. The molecular formula is C13H16BrN3O2. The lowest BCUT2D eigenvalue weighted by atomic mass is 10.2. The van der Waals surface area contributed by atoms with Gasteiger partial charge in [0.1, 0.15) is 11.9 Å². The molecule has 1 aliphatic rings. The summed E-state index contributed by atoms with van der Waals surface area (Å²) in [5.74, 6) is 0.292. The highest BCUT2D eigenvalue weighted by atomic mass is 79.9. The minimum atomic E-state index is -0.521. The molecule has 0 bridgehead atoms. The van der Waals surface area contributed by atoms with Crippen LogP contribution >= 0.6 is 15.9 Å². The zero-order chi connectivity index (χ0) is 14.0. The zero-order valence-electron chi connectivity index (χ0n) is 10.9. The number of hydrogen-bond donors (Lipinski definition) is 1. The molecule has 0 radical (unpaired) electrons. The predicted molar refractivity (Wildman–Crippen MR) is 75.6 cm³/mol. The van der Waals surface area contributed by atoms with Gasteiger partial charge in [0.15, 0.2) is 0 Å². The van der Waals surface area contributed by atoms with Crippen LogP contribution in [0.25, 0.3) is 0 Å². The third-order valence-corrected chi connectivity index (χ3v) is 3.92. The van der Waals surface area contributed by atoms with E-state index in [4.69, 9.17) is 0 Å². The molecule has 2 atom stereocenters. The first-order chi connectivity index (χ1) is 9.04. The fraction of sp³-hybridized carbons (Fsp3) is 0.462. The van der Waals surface area contributed by atoms with Crippen molar-refractivity contribution in [1.82, 2.24) is 9.88 Å². The van der Waals surface area contributed by atoms with Gasteiger partial charge in [0.05, 0.1) is 10.9 Å². The Morgan fingerprint density at radius 1 is 1.58 bits per heavy atom. The summed E-state index contributed by atoms with van der Waals surface area (Å²) in [4.78, 5) is 29.6. The van der Waals surface area contributed by atoms with E-state index in [2.05, 4.69) is 26.2 Å². The summed E-state index contributed by atoms with van der Waals surface area (Å²) in [5.41, 5.74) is 0. The average Bonchev–Trinajstić information content (AvgIpc) is 2.66. The molecule has 0 aliphatic carbocycles. The van der Waals surface area contributed by atoms with Crippen LogP contribution in [0.3, 0.4) is 0 Å². The third-order valence-electron chi connectivity index (χ3n) is 3.28. The molecule has 1 N–H and O–H groups in total. The Balaban J connectivity index is 2.14. The molecule has 19 heavy (non-hydrogen) atoms. The summed E-state index contributed by atoms with van der Waals surface area (Å²) in [6.07, 6.45) is 2.59. The fourth-order valence-corrected chi connectivity index (χ4v) is 2.44. The maximum absolute atomic E-state index is 12.2. The molecule has 1 fully saturated rings. The molecule has 1 aliphatic heterocycles. The van der Waals surface area contributed by atoms with E-state index < -0.39 is 6.04 Å². The van der Waals surface area contributed by atoms with Gasteiger partial charge in [-0.3, -0.25) is 14.5 Å². The van der Waals surface area contributed by atoms with Gasteiger partial charge in [-0.1, -0.05) is 6.92 Å². The van der Waals surface area contributed by atoms with Gasteiger partial charge in [0.25, 0.3) is 5.91 Å². The maximum Gasteiger partial charge on any atom is 0.252 e. The second kappa shape index (κ2) is 5.69. The number of carbonyl (C=O) groups is 2. The van der Waals surface area contributed by atoms with Crippen molar-refractivity contribution in [3.63, 3.8) is 0 Å². The van der Waals surface area contributed by atoms with E-state index >= 15 is 0 Å². The van der Waals surface area contributed by atoms with Crippen molar-refractivity contribution in [2.45, 2.75) is 38.8 Å². The fourth-order valence-electron chi connectivity index (χ4n) is 2.07. The Bertz CT molecular complexity index is 506. The number of imide groups is 1. The van der Waals surface area contributed by atoms with Gasteiger partial charge >= 0.3 is 0 Å². The monoisotopic (exact) mass is 325 g/mol. The van der Waals surface area contributed by atoms with Crippen molar-refractivity contribution in [3.05, 3.63) is 22.8 Å². The molecule has 2 heterocycles. The highest BCUT2D eigenvalue weighted by Crippen LogP contribution is 2.24. The summed E-state index contributed by atoms with van der Waals surface area (Å²) in [6.45, 7) is 3.84. The molecule has 102 valence electrons. The van der Waals surface area contributed by atoms with E-state index in [1.807, 2.05) is 19.9 Å². The van der Waals surface area contributed by atoms with Gasteiger partial charge in [0.2, 0.25) is 5.91 Å². The zero-order valence-corrected chi connectivity index (χ0v) is 12.5. The standard InChI is InChI=1S/C13H16BrN3O2/c1-3-8(2)17-11(18)7-10(13(17)19)16-12-9(14)5-4-6-15-12/h4-6,8,10H,3,7H2,1-2H3,(H,15,16). The number of likely N-dealkylation sites (tertiary alicyclic amines) is 1. The van der Waals surface area contributed by atoms with Crippen LogP contribution in [-0.4, -0.2) is 33.8 Å². The third kappa shape index (κ3) is 2.78. The van der Waals surface area contributed by atoms with E-state index in [1.54, 1.807) is 12.3 Å². The molecule has 2 rings (SSSR count). The predicted octanol–water partition coefficient (Wildman–Crippen LogP) is 2.18. The van der Waals surface area contributed by atoms with E-state index in [9.17, 15) is 9.59 Å². The van der Waals surface area contributed by atoms with Crippen molar-refractivity contribution in [2.75, 3.05) is 5.32 Å². The SMILES string of the molecule is CCC(C)N1C(=O)CC(Nc2ncccc2Br)C1=O. The Morgan fingerprint density at radius 3 is 2.95 bits per heavy atom. The number of nitrogens with one attached hydrogen (secondary N) is 1. The number of hydrogen-bond acceptors (Lipinski definition) is 4. The van der Waals surface area contributed by atoms with Gasteiger partial charge in [-0.15, -0.1) is 0 Å². The van der Waals surface area contributed by atoms with Crippen LogP contribution in [0, 0.1) is 0 Å². The number of halogens is 1. The molecule has 1 saturated heterocycles. The van der Waals surface area contributed by atoms with E-state index in [1.165, 1.54) is 4.90 Å². The van der Waals surface area contributed by atoms with Crippen LogP contribution in [0.2, 0.25) is 0 Å². The van der Waals surface area contributed by atoms with Gasteiger partial charge in [-0.25, -0.2) is 4.98 Å². The van der Waals surface area contributed by atoms with Gasteiger partial charge in [-0.05, 0) is 41.4 Å². The lowest BCUT2D eigenvalue weighted by molar-refractivity contribution is -0.140. The Kier molecular flexibility index (Phi) is 4.19. The molecule has 6 heteroatoms. The minimum Gasteiger partial charge on any atom is -0.357 e. The quantitative estimate of drug-likeness (QED) is 0.862. The van der Waals surface area contributed by atoms with Crippen molar-refractivity contribution in [2.24, 2.45) is 0 Å². The van der Waals surface area contributed by atoms with Crippen molar-refractivity contribution < 1.29 is 9.59 Å². The molecular weight excluding hydrogens is 310 g/mol. The molecule has 0 saturated carbocycles. The first-order valence-corrected chi connectivity index (χ1v) is 7.06. The first-order valence-electron chi connectivity index (χ1n) is 6.27. The number of nitrogens with zero attached hydrogens (tertiary/aromatic N) is 2. The summed E-state index contributed by atoms with van der Waals surface area (Å²) in [7, 11) is 0. The molecule has 0 aromatic carbocycles. The Morgan fingerprint density at radius 2 is 2.32 bits per heavy atom. The topological polar surface area (TPSA) is 62.3 Å². The Labute approximate surface area is 120 Å². The van der Waals surface area contributed by atoms with Gasteiger partial charge < -0.3 is 5.32 Å². The lowest BCUT2D eigenvalue weighted by Gasteiger charge is -2.21. The largest absolute Gasteiger partial charge is 0.357 e. The summed E-state index contributed by atoms with van der Waals surface area (Å²) in [6, 6.07) is 3.05. The lowest BCUT2D eigenvalue weighted by Crippen LogP contribution is -2.40. The molecule has 0 spiro atoms. The number of rotatable bonds is 4. The van der Waals surface area contributed by atoms with Crippen LogP contribution in [0.4, 0.5) is 5.82 Å². The van der Waals surface area contributed by atoms with Gasteiger partial charge in [-0.2, -0.15) is 0 Å². The number of amides is 2. The van der Waals surface area contributed by atoms with Crippen LogP contribution < -0.4 is 5.32 Å². The molecule has 1 aromatic rings. The highest BCUT2D eigenvalue weighted by molar-refractivity contribution is 9.10. The second-order valence-corrected chi connectivity index (χ2v) is 5.45. The number of pyridine rings is 1. The molecule has 2 amide bonds. The van der Waals surface area contributed by atoms with E-state index in [-0.39, 0.29) is 24.3 Å². The summed E-state index contributed by atoms with van der Waals surface area (Å²) < 4.78 is 0.775. The number of aromatic nitrogens is 1. The summed E-state index contributed by atoms with van der Waals surface area (Å²) in [5, 5.41) is 3.03. The molecule has 2 unspecified atom stereocenters. The van der Waals surface area contributed by atoms with Gasteiger partial charge in [0, 0.05) is 12.2 Å². The number of carbonyl (C=O) groups excluding carboxylic acids is 2. The van der Waals surface area contributed by atoms with E-state index in [0.29, 0.717) is 5.82 Å². The second-order valence-electron chi connectivity index (χ2n) is 4.59. The summed E-state index contributed by atoms with van der Waals surface area (Å²) >= 11 is 3.36. The normalized spacial score (nSPS) is 20.8. The molecule has 1 aromatic heterocycles. The Hall–Kier alpha value is -1.43. The van der Waals surface area contributed by atoms with Crippen LogP contribution in [0.15, 0.2) is 22.8 Å². The van der Waals surface area contributed by atoms with Crippen molar-refractivity contribution in [3.8, 4) is 0 Å². The minimum absolute atomic E-state index is 0.0565. The maximum atomic E-state index is 12.2. The van der Waals surface area contributed by atoms with E-state index in [0.717, 1.165) is 10.9 Å². The number of anilines is 1. The molecule has 5 nitrogen and oxygen atoms in total. The van der Waals surface area contributed by atoms with Crippen molar-refractivity contribution in [1.29, 1.82) is 0 Å². The van der Waals surface area contributed by atoms with Crippen LogP contribution in [-0.2, 0) is 9.59 Å². The van der Waals surface area contributed by atoms with Crippen LogP contribution in [0.1, 0.15) is 26.7 Å². The van der Waals surface area contributed by atoms with Crippen molar-refractivity contribution >= 4 is 33.6 Å².